The van der Waals surface area contributed by atoms with Gasteiger partial charge in [-0.1, -0.05) is 29.6 Å². The molecule has 1 saturated heterocycles. The molecule has 3 heterocycles. The highest BCUT2D eigenvalue weighted by molar-refractivity contribution is 7.18. The van der Waals surface area contributed by atoms with Crippen molar-refractivity contribution in [2.45, 2.75) is 32.1 Å². The monoisotopic (exact) mass is 432 g/mol. The number of hydrogen-bond acceptors (Lipinski definition) is 5. The zero-order valence-electron chi connectivity index (χ0n) is 15.6. The van der Waals surface area contributed by atoms with Gasteiger partial charge in [-0.25, -0.2) is 9.97 Å². The Bertz CT molecular complexity index is 1010. The summed E-state index contributed by atoms with van der Waals surface area (Å²) < 4.78 is 0. The topological polar surface area (TPSA) is 32.3 Å². The Morgan fingerprint density at radius 1 is 0.857 bits per heavy atom. The van der Waals surface area contributed by atoms with Gasteiger partial charge < -0.3 is 9.80 Å². The fraction of sp³-hybridized carbons (Fsp3) is 0.429. The Balaban J connectivity index is 1.41. The summed E-state index contributed by atoms with van der Waals surface area (Å²) in [5.74, 6) is 1.12. The number of halogens is 2. The van der Waals surface area contributed by atoms with E-state index in [9.17, 15) is 0 Å². The minimum Gasteiger partial charge on any atom is -0.368 e. The summed E-state index contributed by atoms with van der Waals surface area (Å²) in [5.41, 5.74) is 2.64. The Hall–Kier alpha value is -1.56. The van der Waals surface area contributed by atoms with E-state index in [1.807, 2.05) is 29.5 Å². The number of piperazine rings is 1. The molecule has 5 rings (SSSR count). The van der Waals surface area contributed by atoms with E-state index >= 15 is 0 Å². The maximum Gasteiger partial charge on any atom is 0.141 e. The van der Waals surface area contributed by atoms with E-state index in [-0.39, 0.29) is 0 Å². The Kier molecular flexibility index (Phi) is 5.07. The molecule has 28 heavy (non-hydrogen) atoms. The van der Waals surface area contributed by atoms with Crippen molar-refractivity contribution in [2.75, 3.05) is 36.0 Å². The van der Waals surface area contributed by atoms with Crippen LogP contribution in [-0.2, 0) is 12.8 Å². The average molecular weight is 433 g/mol. The van der Waals surface area contributed by atoms with Crippen LogP contribution in [0.1, 0.15) is 29.7 Å². The third kappa shape index (κ3) is 3.34. The van der Waals surface area contributed by atoms with Gasteiger partial charge in [0.2, 0.25) is 0 Å². The van der Waals surface area contributed by atoms with Gasteiger partial charge in [-0.05, 0) is 49.4 Å². The summed E-state index contributed by atoms with van der Waals surface area (Å²) in [6.07, 6.45) is 8.00. The average Bonchev–Trinajstić information content (AvgIpc) is 2.91. The molecule has 4 nitrogen and oxygen atoms in total. The van der Waals surface area contributed by atoms with Crippen LogP contribution in [0.4, 0.5) is 11.5 Å². The van der Waals surface area contributed by atoms with Gasteiger partial charge in [0, 0.05) is 36.7 Å². The second-order valence-electron chi connectivity index (χ2n) is 7.51. The second kappa shape index (κ2) is 7.69. The van der Waals surface area contributed by atoms with E-state index in [1.54, 1.807) is 6.33 Å². The smallest absolute Gasteiger partial charge is 0.141 e. The zero-order chi connectivity index (χ0) is 19.1. The fourth-order valence-corrected chi connectivity index (χ4v) is 5.86. The largest absolute Gasteiger partial charge is 0.368 e. The summed E-state index contributed by atoms with van der Waals surface area (Å²) in [6.45, 7) is 3.76. The van der Waals surface area contributed by atoms with Crippen LogP contribution in [0.5, 0.6) is 0 Å². The van der Waals surface area contributed by atoms with Gasteiger partial charge in [0.1, 0.15) is 17.0 Å². The van der Waals surface area contributed by atoms with Gasteiger partial charge in [0.25, 0.3) is 0 Å². The molecule has 2 aromatic heterocycles. The highest BCUT2D eigenvalue weighted by Gasteiger charge is 2.24. The summed E-state index contributed by atoms with van der Waals surface area (Å²) in [4.78, 5) is 16.8. The number of thiophene rings is 1. The minimum atomic E-state index is 0.602. The van der Waals surface area contributed by atoms with Gasteiger partial charge in [0.15, 0.2) is 0 Å². The van der Waals surface area contributed by atoms with Gasteiger partial charge in [-0.15, -0.1) is 11.3 Å². The molecule has 2 aliphatic rings. The molecule has 0 atom stereocenters. The molecule has 1 aromatic carbocycles. The fourth-order valence-electron chi connectivity index (χ4n) is 4.35. The van der Waals surface area contributed by atoms with E-state index in [2.05, 4.69) is 14.8 Å². The molecule has 0 amide bonds. The quantitative estimate of drug-likeness (QED) is 0.493. The molecule has 0 N–H and O–H groups in total. The number of nitrogens with zero attached hydrogens (tertiary/aromatic N) is 4. The number of fused-ring (bicyclic) bond motifs is 3. The molecule has 146 valence electrons. The van der Waals surface area contributed by atoms with Gasteiger partial charge >= 0.3 is 0 Å². The van der Waals surface area contributed by atoms with Crippen LogP contribution >= 0.6 is 34.5 Å². The molecule has 1 aliphatic heterocycles. The summed E-state index contributed by atoms with van der Waals surface area (Å²) in [5, 5.41) is 2.53. The van der Waals surface area contributed by atoms with Crippen molar-refractivity contribution >= 4 is 56.3 Å². The first-order valence-corrected chi connectivity index (χ1v) is 11.5. The molecule has 7 heteroatoms. The first kappa shape index (κ1) is 18.5. The lowest BCUT2D eigenvalue weighted by atomic mass is 10.1. The molecule has 0 unspecified atom stereocenters. The number of aryl methyl sites for hydroxylation is 2. The maximum absolute atomic E-state index is 6.21. The molecule has 0 saturated carbocycles. The number of rotatable bonds is 2. The Labute approximate surface area is 179 Å². The van der Waals surface area contributed by atoms with Crippen molar-refractivity contribution in [3.05, 3.63) is 45.0 Å². The lowest BCUT2D eigenvalue weighted by molar-refractivity contribution is 0.648. The van der Waals surface area contributed by atoms with Crippen molar-refractivity contribution in [1.82, 2.24) is 9.97 Å². The predicted octanol–water partition coefficient (Wildman–Crippen LogP) is 5.59. The Morgan fingerprint density at radius 3 is 2.46 bits per heavy atom. The predicted molar refractivity (Wildman–Crippen MR) is 120 cm³/mol. The molecular weight excluding hydrogens is 411 g/mol. The minimum absolute atomic E-state index is 0.602. The van der Waals surface area contributed by atoms with E-state index in [4.69, 9.17) is 28.2 Å². The van der Waals surface area contributed by atoms with E-state index in [0.717, 1.165) is 42.5 Å². The molecule has 1 fully saturated rings. The van der Waals surface area contributed by atoms with Crippen molar-refractivity contribution < 1.29 is 0 Å². The number of hydrogen-bond donors (Lipinski definition) is 0. The molecule has 0 bridgehead atoms. The van der Waals surface area contributed by atoms with Crippen LogP contribution < -0.4 is 9.80 Å². The van der Waals surface area contributed by atoms with Gasteiger partial charge in [-0.3, -0.25) is 0 Å². The van der Waals surface area contributed by atoms with Crippen LogP contribution in [-0.4, -0.2) is 36.1 Å². The van der Waals surface area contributed by atoms with E-state index in [0.29, 0.717) is 10.0 Å². The lowest BCUT2D eigenvalue weighted by Crippen LogP contribution is -2.47. The van der Waals surface area contributed by atoms with Crippen molar-refractivity contribution in [2.24, 2.45) is 0 Å². The number of aromatic nitrogens is 2. The van der Waals surface area contributed by atoms with Crippen LogP contribution in [0.25, 0.3) is 10.2 Å². The standard InChI is InChI=1S/C21H22Cl2N4S/c22-16-7-6-14(12-17(16)23)26-8-10-27(11-9-26)20-19-15-4-2-1-3-5-18(15)28-21(19)25-13-24-20/h6-7,12-13H,1-5,8-11H2. The molecule has 1 aliphatic carbocycles. The van der Waals surface area contributed by atoms with Crippen molar-refractivity contribution in [3.63, 3.8) is 0 Å². The third-order valence-corrected chi connectivity index (χ3v) is 7.77. The van der Waals surface area contributed by atoms with Crippen molar-refractivity contribution in [1.29, 1.82) is 0 Å². The molecule has 3 aromatic rings. The second-order valence-corrected chi connectivity index (χ2v) is 9.41. The van der Waals surface area contributed by atoms with Crippen molar-refractivity contribution in [3.8, 4) is 0 Å². The summed E-state index contributed by atoms with van der Waals surface area (Å²) in [7, 11) is 0. The first-order chi connectivity index (χ1) is 13.7. The molecule has 0 spiro atoms. The number of benzene rings is 1. The zero-order valence-corrected chi connectivity index (χ0v) is 18.0. The third-order valence-electron chi connectivity index (χ3n) is 5.83. The first-order valence-electron chi connectivity index (χ1n) is 9.91. The highest BCUT2D eigenvalue weighted by Crippen LogP contribution is 2.39. The van der Waals surface area contributed by atoms with Gasteiger partial charge in [0.05, 0.1) is 15.4 Å². The van der Waals surface area contributed by atoms with E-state index < -0.39 is 0 Å². The number of anilines is 2. The van der Waals surface area contributed by atoms with E-state index in [1.165, 1.54) is 47.9 Å². The lowest BCUT2D eigenvalue weighted by Gasteiger charge is -2.37. The van der Waals surface area contributed by atoms with Crippen LogP contribution in [0.2, 0.25) is 10.0 Å². The SMILES string of the molecule is Clc1ccc(N2CCN(c3ncnc4sc5c(c34)CCCCC5)CC2)cc1Cl. The normalized spacial score (nSPS) is 17.6. The highest BCUT2D eigenvalue weighted by atomic mass is 35.5. The van der Waals surface area contributed by atoms with Crippen LogP contribution in [0, 0.1) is 0 Å². The summed E-state index contributed by atoms with van der Waals surface area (Å²) in [6, 6.07) is 5.88. The maximum atomic E-state index is 6.21. The summed E-state index contributed by atoms with van der Waals surface area (Å²) >= 11 is 14.1. The van der Waals surface area contributed by atoms with Gasteiger partial charge in [-0.2, -0.15) is 0 Å². The molecular formula is C21H22Cl2N4S. The van der Waals surface area contributed by atoms with Crippen LogP contribution in [0.15, 0.2) is 24.5 Å². The van der Waals surface area contributed by atoms with Crippen LogP contribution in [0.3, 0.4) is 0 Å². The Morgan fingerprint density at radius 2 is 1.64 bits per heavy atom. The molecule has 0 radical (unpaired) electrons.